The Balaban J connectivity index is 2.27. The first-order valence-corrected chi connectivity index (χ1v) is 7.07. The Labute approximate surface area is 106 Å². The van der Waals surface area contributed by atoms with Gasteiger partial charge in [0.2, 0.25) is 0 Å². The Bertz CT molecular complexity index is 366. The maximum absolute atomic E-state index is 6.10. The van der Waals surface area contributed by atoms with E-state index in [1.807, 2.05) is 11.8 Å². The summed E-state index contributed by atoms with van der Waals surface area (Å²) in [6.07, 6.45) is 3.65. The molecule has 2 heterocycles. The minimum Gasteiger partial charge on any atom is -0.355 e. The molecule has 2 rings (SSSR count). The van der Waals surface area contributed by atoms with Gasteiger partial charge in [-0.25, -0.2) is 9.97 Å². The highest BCUT2D eigenvalue weighted by atomic mass is 35.5. The molecule has 0 spiro atoms. The minimum absolute atomic E-state index is 0.585. The van der Waals surface area contributed by atoms with Crippen molar-refractivity contribution in [2.45, 2.75) is 25.8 Å². The largest absolute Gasteiger partial charge is 0.355 e. The molecule has 1 saturated heterocycles. The lowest BCUT2D eigenvalue weighted by Crippen LogP contribution is -2.32. The number of hydrogen-bond donors (Lipinski definition) is 0. The van der Waals surface area contributed by atoms with Crippen LogP contribution in [0, 0.1) is 0 Å². The van der Waals surface area contributed by atoms with Gasteiger partial charge in [0.1, 0.15) is 17.3 Å². The summed E-state index contributed by atoms with van der Waals surface area (Å²) in [5.41, 5.74) is 1.06. The lowest BCUT2D eigenvalue weighted by molar-refractivity contribution is 0.686. The molecule has 88 valence electrons. The van der Waals surface area contributed by atoms with Gasteiger partial charge in [0.05, 0.1) is 0 Å². The van der Waals surface area contributed by atoms with E-state index in [1.54, 1.807) is 6.33 Å². The van der Waals surface area contributed by atoms with Crippen LogP contribution in [0.15, 0.2) is 6.33 Å². The van der Waals surface area contributed by atoms with E-state index in [0.29, 0.717) is 11.2 Å². The predicted octanol–water partition coefficient (Wildman–Crippen LogP) is 2.63. The average Bonchev–Trinajstić information content (AvgIpc) is 2.81. The number of aromatic nitrogens is 2. The van der Waals surface area contributed by atoms with E-state index in [0.717, 1.165) is 17.8 Å². The second-order valence-corrected chi connectivity index (χ2v) is 5.46. The van der Waals surface area contributed by atoms with Gasteiger partial charge in [-0.1, -0.05) is 18.5 Å². The first kappa shape index (κ1) is 12.0. The van der Waals surface area contributed by atoms with Crippen molar-refractivity contribution in [3.63, 3.8) is 0 Å². The van der Waals surface area contributed by atoms with Crippen molar-refractivity contribution >= 4 is 29.2 Å². The highest BCUT2D eigenvalue weighted by molar-refractivity contribution is 7.99. The van der Waals surface area contributed by atoms with Gasteiger partial charge in [0, 0.05) is 24.4 Å². The highest BCUT2D eigenvalue weighted by Crippen LogP contribution is 2.29. The number of nitrogens with zero attached hydrogens (tertiary/aromatic N) is 3. The first-order chi connectivity index (χ1) is 7.74. The Kier molecular flexibility index (Phi) is 3.92. The van der Waals surface area contributed by atoms with Crippen LogP contribution < -0.4 is 4.90 Å². The zero-order valence-electron chi connectivity index (χ0n) is 9.61. The second-order valence-electron chi connectivity index (χ2n) is 3.95. The molecule has 0 saturated carbocycles. The van der Waals surface area contributed by atoms with Crippen molar-refractivity contribution in [3.8, 4) is 0 Å². The van der Waals surface area contributed by atoms with Crippen LogP contribution in [0.4, 0.5) is 5.82 Å². The van der Waals surface area contributed by atoms with Crippen LogP contribution in [-0.2, 0) is 6.42 Å². The van der Waals surface area contributed by atoms with Gasteiger partial charge in [-0.05, 0) is 18.6 Å². The van der Waals surface area contributed by atoms with Crippen LogP contribution in [-0.4, -0.2) is 34.6 Å². The summed E-state index contributed by atoms with van der Waals surface area (Å²) in [5.74, 6) is 3.42. The summed E-state index contributed by atoms with van der Waals surface area (Å²) in [5, 5.41) is 0.588. The molecule has 0 N–H and O–H groups in total. The monoisotopic (exact) mass is 257 g/mol. The zero-order valence-corrected chi connectivity index (χ0v) is 11.2. The number of anilines is 1. The van der Waals surface area contributed by atoms with E-state index < -0.39 is 0 Å². The number of hydrogen-bond acceptors (Lipinski definition) is 4. The van der Waals surface area contributed by atoms with Gasteiger partial charge in [0.15, 0.2) is 0 Å². The quantitative estimate of drug-likeness (QED) is 0.779. The molecule has 5 heteroatoms. The van der Waals surface area contributed by atoms with Gasteiger partial charge in [-0.3, -0.25) is 0 Å². The Morgan fingerprint density at radius 2 is 2.38 bits per heavy atom. The summed E-state index contributed by atoms with van der Waals surface area (Å²) in [6.45, 7) is 2.09. The normalized spacial score (nSPS) is 20.1. The van der Waals surface area contributed by atoms with E-state index in [1.165, 1.54) is 17.9 Å². The third-order valence-corrected chi connectivity index (χ3v) is 4.48. The number of thioether (sulfide) groups is 1. The van der Waals surface area contributed by atoms with E-state index in [-0.39, 0.29) is 0 Å². The summed E-state index contributed by atoms with van der Waals surface area (Å²) in [4.78, 5) is 10.7. The van der Waals surface area contributed by atoms with Crippen LogP contribution in [0.25, 0.3) is 0 Å². The third-order valence-electron chi connectivity index (χ3n) is 3.01. The Morgan fingerprint density at radius 1 is 1.56 bits per heavy atom. The maximum Gasteiger partial charge on any atom is 0.137 e. The summed E-state index contributed by atoms with van der Waals surface area (Å²) in [6, 6.07) is 0.585. The smallest absolute Gasteiger partial charge is 0.137 e. The van der Waals surface area contributed by atoms with Gasteiger partial charge in [0.25, 0.3) is 0 Å². The molecule has 1 aromatic heterocycles. The fourth-order valence-electron chi connectivity index (χ4n) is 1.99. The van der Waals surface area contributed by atoms with E-state index in [4.69, 9.17) is 11.6 Å². The first-order valence-electron chi connectivity index (χ1n) is 5.54. The minimum atomic E-state index is 0.585. The van der Waals surface area contributed by atoms with Gasteiger partial charge in [-0.2, -0.15) is 11.8 Å². The molecule has 0 amide bonds. The highest BCUT2D eigenvalue weighted by Gasteiger charge is 2.23. The van der Waals surface area contributed by atoms with Crippen LogP contribution in [0.1, 0.15) is 18.9 Å². The summed E-state index contributed by atoms with van der Waals surface area (Å²) in [7, 11) is 2.11. The fraction of sp³-hybridized carbons (Fsp3) is 0.636. The molecule has 0 bridgehead atoms. The molecule has 3 nitrogen and oxygen atoms in total. The van der Waals surface area contributed by atoms with Gasteiger partial charge in [-0.15, -0.1) is 0 Å². The molecule has 1 fully saturated rings. The van der Waals surface area contributed by atoms with Crippen molar-refractivity contribution in [1.29, 1.82) is 0 Å². The maximum atomic E-state index is 6.10. The average molecular weight is 258 g/mol. The summed E-state index contributed by atoms with van der Waals surface area (Å²) >= 11 is 8.10. The second kappa shape index (κ2) is 5.23. The van der Waals surface area contributed by atoms with Crippen molar-refractivity contribution in [2.24, 2.45) is 0 Å². The molecular formula is C11H16ClN3S. The Hall–Kier alpha value is -0.480. The van der Waals surface area contributed by atoms with E-state index >= 15 is 0 Å². The molecule has 0 aromatic carbocycles. The van der Waals surface area contributed by atoms with Crippen molar-refractivity contribution in [3.05, 3.63) is 17.0 Å². The van der Waals surface area contributed by atoms with Crippen molar-refractivity contribution < 1.29 is 0 Å². The standard InChI is InChI=1S/C11H16ClN3S/c1-3-9-10(12)13-7-14-11(9)15(2)8-4-5-16-6-8/h7-8H,3-6H2,1-2H3. The van der Waals surface area contributed by atoms with E-state index in [2.05, 4.69) is 28.8 Å². The molecule has 0 radical (unpaired) electrons. The molecule has 1 aromatic rings. The van der Waals surface area contributed by atoms with Crippen LogP contribution in [0.2, 0.25) is 5.15 Å². The lowest BCUT2D eigenvalue weighted by Gasteiger charge is -2.26. The molecule has 1 aliphatic heterocycles. The van der Waals surface area contributed by atoms with Crippen molar-refractivity contribution in [2.75, 3.05) is 23.5 Å². The number of halogens is 1. The SMILES string of the molecule is CCc1c(Cl)ncnc1N(C)C1CCSC1. The van der Waals surface area contributed by atoms with Crippen LogP contribution in [0.3, 0.4) is 0 Å². The summed E-state index contributed by atoms with van der Waals surface area (Å²) < 4.78 is 0. The molecule has 16 heavy (non-hydrogen) atoms. The lowest BCUT2D eigenvalue weighted by atomic mass is 10.2. The topological polar surface area (TPSA) is 29.0 Å². The van der Waals surface area contributed by atoms with Crippen molar-refractivity contribution in [1.82, 2.24) is 9.97 Å². The molecule has 1 aliphatic rings. The third kappa shape index (κ3) is 2.28. The molecule has 1 atom stereocenters. The molecular weight excluding hydrogens is 242 g/mol. The predicted molar refractivity (Wildman–Crippen MR) is 70.6 cm³/mol. The fourth-order valence-corrected chi connectivity index (χ4v) is 3.52. The van der Waals surface area contributed by atoms with Gasteiger partial charge < -0.3 is 4.90 Å². The zero-order chi connectivity index (χ0) is 11.5. The van der Waals surface area contributed by atoms with E-state index in [9.17, 15) is 0 Å². The molecule has 1 unspecified atom stereocenters. The van der Waals surface area contributed by atoms with Gasteiger partial charge >= 0.3 is 0 Å². The van der Waals surface area contributed by atoms with Crippen LogP contribution >= 0.6 is 23.4 Å². The van der Waals surface area contributed by atoms with Crippen LogP contribution in [0.5, 0.6) is 0 Å². The Morgan fingerprint density at radius 3 is 3.00 bits per heavy atom. The number of rotatable bonds is 3. The molecule has 0 aliphatic carbocycles.